The molecule has 0 spiro atoms. The van der Waals surface area contributed by atoms with Crippen molar-refractivity contribution in [2.75, 3.05) is 13.2 Å². The Hall–Kier alpha value is -0.780. The van der Waals surface area contributed by atoms with Gasteiger partial charge >= 0.3 is 12.1 Å². The van der Waals surface area contributed by atoms with Crippen molar-refractivity contribution in [3.8, 4) is 0 Å². The maximum atomic E-state index is 12.3. The molecule has 2 unspecified atom stereocenters. The molecule has 0 radical (unpaired) electrons. The fourth-order valence-corrected chi connectivity index (χ4v) is 1.58. The van der Waals surface area contributed by atoms with Gasteiger partial charge in [-0.3, -0.25) is 4.79 Å². The van der Waals surface area contributed by atoms with Gasteiger partial charge in [-0.05, 0) is 19.8 Å². The summed E-state index contributed by atoms with van der Waals surface area (Å²) in [7, 11) is 0. The number of hydrogen-bond acceptors (Lipinski definition) is 3. The van der Waals surface area contributed by atoms with Crippen molar-refractivity contribution in [1.82, 2.24) is 5.32 Å². The number of carbonyl (C=O) groups is 1. The first-order chi connectivity index (χ1) is 6.95. The minimum atomic E-state index is -4.17. The van der Waals surface area contributed by atoms with Crippen LogP contribution in [0.15, 0.2) is 0 Å². The first-order valence-corrected chi connectivity index (χ1v) is 4.92. The summed E-state index contributed by atoms with van der Waals surface area (Å²) in [6.07, 6.45) is -4.00. The van der Waals surface area contributed by atoms with Gasteiger partial charge in [-0.25, -0.2) is 0 Å². The quantitative estimate of drug-likeness (QED) is 0.723. The lowest BCUT2D eigenvalue weighted by molar-refractivity contribution is -0.182. The third-order valence-electron chi connectivity index (χ3n) is 2.45. The van der Waals surface area contributed by atoms with Crippen LogP contribution in [-0.2, 0) is 9.53 Å². The molecular weight excluding hydrogens is 211 g/mol. The van der Waals surface area contributed by atoms with Crippen molar-refractivity contribution in [1.29, 1.82) is 0 Å². The van der Waals surface area contributed by atoms with E-state index in [0.717, 1.165) is 0 Å². The number of nitrogens with one attached hydrogen (secondary N) is 1. The lowest BCUT2D eigenvalue weighted by atomic mass is 9.94. The molecule has 6 heteroatoms. The van der Waals surface area contributed by atoms with Crippen molar-refractivity contribution in [2.45, 2.75) is 32.0 Å². The van der Waals surface area contributed by atoms with Gasteiger partial charge in [0.25, 0.3) is 0 Å². The summed E-state index contributed by atoms with van der Waals surface area (Å²) in [5.74, 6) is -1.80. The Morgan fingerprint density at radius 1 is 1.47 bits per heavy atom. The normalized spacial score (nSPS) is 27.5. The highest BCUT2D eigenvalue weighted by Crippen LogP contribution is 2.31. The molecule has 1 N–H and O–H groups in total. The van der Waals surface area contributed by atoms with Crippen LogP contribution in [-0.4, -0.2) is 31.3 Å². The molecule has 88 valence electrons. The average Bonchev–Trinajstić information content (AvgIpc) is 2.17. The Kier molecular flexibility index (Phi) is 3.96. The van der Waals surface area contributed by atoms with Crippen molar-refractivity contribution < 1.29 is 22.7 Å². The first kappa shape index (κ1) is 12.3. The van der Waals surface area contributed by atoms with E-state index in [2.05, 4.69) is 5.32 Å². The lowest BCUT2D eigenvalue weighted by Gasteiger charge is -2.29. The molecule has 3 nitrogen and oxygen atoms in total. The predicted octanol–water partition coefficient (Wildman–Crippen LogP) is 1.48. The van der Waals surface area contributed by atoms with Crippen molar-refractivity contribution in [2.24, 2.45) is 5.92 Å². The van der Waals surface area contributed by atoms with Crippen LogP contribution >= 0.6 is 0 Å². The van der Waals surface area contributed by atoms with Gasteiger partial charge in [0.1, 0.15) is 6.04 Å². The Morgan fingerprint density at radius 3 is 2.53 bits per heavy atom. The van der Waals surface area contributed by atoms with E-state index in [9.17, 15) is 18.0 Å². The van der Waals surface area contributed by atoms with Gasteiger partial charge in [-0.1, -0.05) is 0 Å². The first-order valence-electron chi connectivity index (χ1n) is 4.92. The highest BCUT2D eigenvalue weighted by molar-refractivity contribution is 5.75. The molecule has 0 saturated carbocycles. The SMILES string of the molecule is CCOC(=O)C1CCC(C(F)(F)F)CN1. The van der Waals surface area contributed by atoms with Crippen LogP contribution in [0.3, 0.4) is 0 Å². The van der Waals surface area contributed by atoms with E-state index in [4.69, 9.17) is 4.74 Å². The molecule has 2 atom stereocenters. The number of rotatable bonds is 2. The van der Waals surface area contributed by atoms with Crippen molar-refractivity contribution >= 4 is 5.97 Å². The van der Waals surface area contributed by atoms with E-state index < -0.39 is 24.1 Å². The van der Waals surface area contributed by atoms with Crippen LogP contribution in [0, 0.1) is 5.92 Å². The third kappa shape index (κ3) is 3.37. The second kappa shape index (κ2) is 4.83. The largest absolute Gasteiger partial charge is 0.465 e. The van der Waals surface area contributed by atoms with E-state index in [0.29, 0.717) is 0 Å². The molecule has 1 fully saturated rings. The van der Waals surface area contributed by atoms with Gasteiger partial charge in [-0.2, -0.15) is 13.2 Å². The second-order valence-electron chi connectivity index (χ2n) is 3.53. The molecule has 1 rings (SSSR count). The smallest absolute Gasteiger partial charge is 0.393 e. The monoisotopic (exact) mass is 225 g/mol. The number of halogens is 3. The fourth-order valence-electron chi connectivity index (χ4n) is 1.58. The molecule has 0 bridgehead atoms. The maximum absolute atomic E-state index is 12.3. The van der Waals surface area contributed by atoms with Crippen LogP contribution < -0.4 is 5.32 Å². The van der Waals surface area contributed by atoms with E-state index in [-0.39, 0.29) is 26.0 Å². The second-order valence-corrected chi connectivity index (χ2v) is 3.53. The van der Waals surface area contributed by atoms with Gasteiger partial charge in [0, 0.05) is 6.54 Å². The summed E-state index contributed by atoms with van der Waals surface area (Å²) in [6.45, 7) is 1.71. The molecule has 0 aliphatic carbocycles. The van der Waals surface area contributed by atoms with E-state index in [1.165, 1.54) is 0 Å². The van der Waals surface area contributed by atoms with Gasteiger partial charge < -0.3 is 10.1 Å². The Balaban J connectivity index is 2.39. The molecule has 1 saturated heterocycles. The minimum absolute atomic E-state index is 0.0139. The third-order valence-corrected chi connectivity index (χ3v) is 2.45. The molecule has 0 amide bonds. The molecule has 1 aliphatic rings. The Morgan fingerprint density at radius 2 is 2.13 bits per heavy atom. The van der Waals surface area contributed by atoms with Crippen LogP contribution in [0.1, 0.15) is 19.8 Å². The van der Waals surface area contributed by atoms with Crippen molar-refractivity contribution in [3.63, 3.8) is 0 Å². The van der Waals surface area contributed by atoms with Gasteiger partial charge in [0.05, 0.1) is 12.5 Å². The number of esters is 1. The van der Waals surface area contributed by atoms with Crippen LogP contribution in [0.2, 0.25) is 0 Å². The molecule has 15 heavy (non-hydrogen) atoms. The number of carbonyl (C=O) groups excluding carboxylic acids is 1. The highest BCUT2D eigenvalue weighted by Gasteiger charge is 2.42. The summed E-state index contributed by atoms with van der Waals surface area (Å²) >= 11 is 0. The lowest BCUT2D eigenvalue weighted by Crippen LogP contribution is -2.48. The number of hydrogen-bond donors (Lipinski definition) is 1. The summed E-state index contributed by atoms with van der Waals surface area (Å²) in [5, 5.41) is 2.57. The molecule has 1 aliphatic heterocycles. The Bertz CT molecular complexity index is 222. The van der Waals surface area contributed by atoms with E-state index >= 15 is 0 Å². The van der Waals surface area contributed by atoms with Gasteiger partial charge in [0.2, 0.25) is 0 Å². The molecule has 0 aromatic heterocycles. The number of piperidine rings is 1. The highest BCUT2D eigenvalue weighted by atomic mass is 19.4. The molecule has 1 heterocycles. The molecular formula is C9H14F3NO2. The average molecular weight is 225 g/mol. The summed E-state index contributed by atoms with van der Waals surface area (Å²) in [5.41, 5.74) is 0. The van der Waals surface area contributed by atoms with Gasteiger partial charge in [0.15, 0.2) is 0 Å². The summed E-state index contributed by atoms with van der Waals surface area (Å²) < 4.78 is 41.5. The fraction of sp³-hybridized carbons (Fsp3) is 0.889. The zero-order valence-corrected chi connectivity index (χ0v) is 8.43. The minimum Gasteiger partial charge on any atom is -0.465 e. The van der Waals surface area contributed by atoms with E-state index in [1.54, 1.807) is 6.92 Å². The summed E-state index contributed by atoms with van der Waals surface area (Å²) in [6, 6.07) is -0.580. The molecule has 0 aromatic carbocycles. The zero-order valence-electron chi connectivity index (χ0n) is 8.43. The Labute approximate surface area is 86.0 Å². The van der Waals surface area contributed by atoms with Crippen LogP contribution in [0.5, 0.6) is 0 Å². The standard InChI is InChI=1S/C9H14F3NO2/c1-2-15-8(14)7-4-3-6(5-13-7)9(10,11)12/h6-7,13H,2-5H2,1H3. The maximum Gasteiger partial charge on any atom is 0.393 e. The van der Waals surface area contributed by atoms with Crippen LogP contribution in [0.25, 0.3) is 0 Å². The van der Waals surface area contributed by atoms with E-state index in [1.807, 2.05) is 0 Å². The number of ether oxygens (including phenoxy) is 1. The van der Waals surface area contributed by atoms with Crippen LogP contribution in [0.4, 0.5) is 13.2 Å². The number of alkyl halides is 3. The zero-order chi connectivity index (χ0) is 11.5. The van der Waals surface area contributed by atoms with Crippen molar-refractivity contribution in [3.05, 3.63) is 0 Å². The van der Waals surface area contributed by atoms with Gasteiger partial charge in [-0.15, -0.1) is 0 Å². The predicted molar refractivity (Wildman–Crippen MR) is 47.2 cm³/mol. The topological polar surface area (TPSA) is 38.3 Å². The summed E-state index contributed by atoms with van der Waals surface area (Å²) in [4.78, 5) is 11.2. The molecule has 0 aromatic rings.